The van der Waals surface area contributed by atoms with Gasteiger partial charge in [-0.15, -0.1) is 0 Å². The van der Waals surface area contributed by atoms with Gasteiger partial charge in [0.1, 0.15) is 17.7 Å². The molecule has 8 rings (SSSR count). The van der Waals surface area contributed by atoms with Crippen LogP contribution in [0.5, 0.6) is 0 Å². The van der Waals surface area contributed by atoms with Crippen LogP contribution in [-0.4, -0.2) is 101 Å². The number of nitrogens with zero attached hydrogens (tertiary/aromatic N) is 2. The van der Waals surface area contributed by atoms with Crippen molar-refractivity contribution in [2.24, 2.45) is 0 Å². The van der Waals surface area contributed by atoms with Crippen LogP contribution in [0.1, 0.15) is 64.5 Å². The molecular weight excluding hydrogens is 1040 g/mol. The third-order valence-corrected chi connectivity index (χ3v) is 16.1. The maximum Gasteiger partial charge on any atom is 0.328 e. The summed E-state index contributed by atoms with van der Waals surface area (Å²) in [6.45, 7) is 0.461. The average Bonchev–Trinajstić information content (AvgIpc) is 3.80. The standard InChI is InChI=1S/C50H44Cl4N4O11S2/c1-68-50(63)40(21-28-7-5-9-34(19-28)71(3,66)67)56-47(60)43-38(52)23-32-26-58(16-13-36(32)45(43)54)49(62)39(20-27-6-4-8-33(18-27)70(2,64)65)55-46(59)42-37(51)22-31-25-57(15-12-35(31)44(42)53)48(61)30-11-10-29-14-17-69-41(29)24-30/h4-11,14,17-19,22-24,39-40H,12-13,15-16,20-21,25-26H2,1-3H3,(H,55,59)(H,56,60)/t39-,40-/m0/s1. The Bertz CT molecular complexity index is 3420. The van der Waals surface area contributed by atoms with E-state index in [2.05, 4.69) is 10.6 Å². The van der Waals surface area contributed by atoms with Crippen LogP contribution >= 0.6 is 46.4 Å². The number of furan rings is 1. The molecule has 21 heteroatoms. The van der Waals surface area contributed by atoms with Gasteiger partial charge in [-0.25, -0.2) is 21.6 Å². The van der Waals surface area contributed by atoms with Crippen molar-refractivity contribution in [2.75, 3.05) is 32.7 Å². The van der Waals surface area contributed by atoms with Gasteiger partial charge in [0.15, 0.2) is 19.7 Å². The molecule has 0 spiro atoms. The van der Waals surface area contributed by atoms with Gasteiger partial charge < -0.3 is 29.6 Å². The van der Waals surface area contributed by atoms with E-state index in [4.69, 9.17) is 55.6 Å². The molecule has 0 bridgehead atoms. The van der Waals surface area contributed by atoms with Crippen molar-refractivity contribution in [3.05, 3.63) is 161 Å². The molecule has 1 aromatic heterocycles. The van der Waals surface area contributed by atoms with E-state index in [0.29, 0.717) is 50.9 Å². The van der Waals surface area contributed by atoms with Crippen molar-refractivity contribution in [1.29, 1.82) is 0 Å². The van der Waals surface area contributed by atoms with Crippen molar-refractivity contribution in [2.45, 2.75) is 60.6 Å². The summed E-state index contributed by atoms with van der Waals surface area (Å²) in [5, 5.41) is 6.25. The monoisotopic (exact) mass is 1080 g/mol. The second kappa shape index (κ2) is 20.6. The summed E-state index contributed by atoms with van der Waals surface area (Å²) in [6, 6.07) is 19.5. The smallest absolute Gasteiger partial charge is 0.328 e. The van der Waals surface area contributed by atoms with Gasteiger partial charge in [0.2, 0.25) is 5.91 Å². The van der Waals surface area contributed by atoms with E-state index in [1.165, 1.54) is 47.4 Å². The second-order valence-corrected chi connectivity index (χ2v) is 23.0. The molecule has 5 aromatic carbocycles. The summed E-state index contributed by atoms with van der Waals surface area (Å²) in [5.74, 6) is -3.14. The maximum absolute atomic E-state index is 14.7. The minimum Gasteiger partial charge on any atom is -0.467 e. The molecule has 2 aliphatic rings. The Kier molecular flexibility index (Phi) is 14.9. The van der Waals surface area contributed by atoms with Gasteiger partial charge in [-0.1, -0.05) is 76.7 Å². The summed E-state index contributed by atoms with van der Waals surface area (Å²) >= 11 is 27.4. The van der Waals surface area contributed by atoms with Crippen molar-refractivity contribution in [3.63, 3.8) is 0 Å². The Morgan fingerprint density at radius 3 is 1.70 bits per heavy atom. The van der Waals surface area contributed by atoms with Crippen LogP contribution in [0.3, 0.4) is 0 Å². The van der Waals surface area contributed by atoms with Crippen molar-refractivity contribution in [3.8, 4) is 0 Å². The number of ether oxygens (including phenoxy) is 1. The first-order chi connectivity index (χ1) is 33.6. The van der Waals surface area contributed by atoms with Crippen LogP contribution in [0.2, 0.25) is 20.1 Å². The van der Waals surface area contributed by atoms with Gasteiger partial charge in [0.05, 0.1) is 54.4 Å². The molecule has 370 valence electrons. The molecule has 2 N–H and O–H groups in total. The van der Waals surface area contributed by atoms with Crippen LogP contribution in [-0.2, 0) is 72.8 Å². The molecule has 0 unspecified atom stereocenters. The minimum absolute atomic E-state index is 0.0115. The first-order valence-corrected chi connectivity index (χ1v) is 27.2. The molecule has 6 aromatic rings. The fourth-order valence-corrected chi connectivity index (χ4v) is 11.8. The van der Waals surface area contributed by atoms with E-state index >= 15 is 0 Å². The molecule has 0 saturated heterocycles. The number of hydrogen-bond acceptors (Lipinski definition) is 11. The fraction of sp³-hybridized carbons (Fsp3) is 0.260. The van der Waals surface area contributed by atoms with Crippen molar-refractivity contribution in [1.82, 2.24) is 20.4 Å². The number of sulfone groups is 2. The van der Waals surface area contributed by atoms with Gasteiger partial charge in [-0.05, 0) is 101 Å². The van der Waals surface area contributed by atoms with Crippen LogP contribution in [0.4, 0.5) is 0 Å². The van der Waals surface area contributed by atoms with E-state index in [0.717, 1.165) is 25.0 Å². The lowest BCUT2D eigenvalue weighted by molar-refractivity contribution is -0.142. The molecule has 15 nitrogen and oxygen atoms in total. The van der Waals surface area contributed by atoms with Gasteiger partial charge >= 0.3 is 5.97 Å². The lowest BCUT2D eigenvalue weighted by atomic mass is 9.94. The number of halogens is 4. The lowest BCUT2D eigenvalue weighted by Crippen LogP contribution is -2.51. The van der Waals surface area contributed by atoms with Gasteiger partial charge in [-0.2, -0.15) is 0 Å². The number of carbonyl (C=O) groups excluding carboxylic acids is 5. The zero-order valence-electron chi connectivity index (χ0n) is 38.2. The van der Waals surface area contributed by atoms with E-state index in [-0.39, 0.29) is 92.4 Å². The molecule has 2 atom stereocenters. The third-order valence-electron chi connectivity index (χ3n) is 12.5. The zero-order valence-corrected chi connectivity index (χ0v) is 42.8. The summed E-state index contributed by atoms with van der Waals surface area (Å²) in [4.78, 5) is 72.6. The average molecular weight is 1080 g/mol. The number of methoxy groups -OCH3 is 1. The topological polar surface area (TPSA) is 207 Å². The molecule has 3 heterocycles. The predicted molar refractivity (Wildman–Crippen MR) is 268 cm³/mol. The Hall–Kier alpha value is -5.95. The highest BCUT2D eigenvalue weighted by molar-refractivity contribution is 7.91. The molecule has 0 fully saturated rings. The van der Waals surface area contributed by atoms with Crippen LogP contribution < -0.4 is 10.6 Å². The Morgan fingerprint density at radius 1 is 0.662 bits per heavy atom. The lowest BCUT2D eigenvalue weighted by Gasteiger charge is -2.33. The third kappa shape index (κ3) is 11.1. The normalized spacial score (nSPS) is 14.5. The molecule has 0 saturated carbocycles. The number of benzene rings is 5. The first kappa shape index (κ1) is 51.4. The van der Waals surface area contributed by atoms with Gasteiger partial charge in [0, 0.05) is 62.5 Å². The fourth-order valence-electron chi connectivity index (χ4n) is 8.85. The van der Waals surface area contributed by atoms with Gasteiger partial charge in [-0.3, -0.25) is 19.2 Å². The van der Waals surface area contributed by atoms with E-state index in [1.807, 2.05) is 0 Å². The Labute approximate surface area is 429 Å². The van der Waals surface area contributed by atoms with Crippen LogP contribution in [0.15, 0.2) is 105 Å². The summed E-state index contributed by atoms with van der Waals surface area (Å²) in [6.07, 6.45) is 3.84. The number of esters is 1. The van der Waals surface area contributed by atoms with E-state index in [1.54, 1.807) is 53.6 Å². The van der Waals surface area contributed by atoms with E-state index < -0.39 is 55.4 Å². The highest BCUT2D eigenvalue weighted by atomic mass is 35.5. The number of nitrogens with one attached hydrogen (secondary N) is 2. The first-order valence-electron chi connectivity index (χ1n) is 21.9. The SMILES string of the molecule is COC(=O)[C@H](Cc1cccc(S(C)(=O)=O)c1)NC(=O)c1c(Cl)cc2c(c1Cl)CCN(C(=O)[C@H](Cc1cccc(S(C)(=O)=O)c1)NC(=O)c1c(Cl)cc3c(c1Cl)CCN(C(=O)c1ccc4ccoc4c1)C3)C2. The summed E-state index contributed by atoms with van der Waals surface area (Å²) in [7, 11) is -6.07. The van der Waals surface area contributed by atoms with Crippen molar-refractivity contribution >= 4 is 107 Å². The highest BCUT2D eigenvalue weighted by Gasteiger charge is 2.35. The van der Waals surface area contributed by atoms with Crippen LogP contribution in [0.25, 0.3) is 11.0 Å². The predicted octanol–water partition coefficient (Wildman–Crippen LogP) is 7.49. The molecule has 0 radical (unpaired) electrons. The minimum atomic E-state index is -3.65. The Balaban J connectivity index is 1.03. The maximum atomic E-state index is 14.7. The number of amides is 4. The molecule has 4 amide bonds. The van der Waals surface area contributed by atoms with Gasteiger partial charge in [0.25, 0.3) is 17.7 Å². The van der Waals surface area contributed by atoms with Crippen molar-refractivity contribution < 1.29 is 50.0 Å². The number of fused-ring (bicyclic) bond motifs is 3. The second-order valence-electron chi connectivity index (χ2n) is 17.4. The Morgan fingerprint density at radius 2 is 1.17 bits per heavy atom. The molecule has 2 aliphatic heterocycles. The quantitative estimate of drug-likeness (QED) is 0.108. The van der Waals surface area contributed by atoms with Crippen LogP contribution in [0, 0.1) is 0 Å². The number of hydrogen-bond donors (Lipinski definition) is 2. The number of rotatable bonds is 13. The molecule has 0 aliphatic carbocycles. The molecular formula is C50H44Cl4N4O11S2. The number of carbonyl (C=O) groups is 5. The summed E-state index contributed by atoms with van der Waals surface area (Å²) < 4.78 is 59.9. The van der Waals surface area contributed by atoms with E-state index in [9.17, 15) is 40.8 Å². The highest BCUT2D eigenvalue weighted by Crippen LogP contribution is 2.37. The largest absolute Gasteiger partial charge is 0.467 e. The molecule has 71 heavy (non-hydrogen) atoms. The summed E-state index contributed by atoms with van der Waals surface area (Å²) in [5.41, 5.74) is 3.94. The zero-order chi connectivity index (χ0) is 51.1.